The summed E-state index contributed by atoms with van der Waals surface area (Å²) < 4.78 is 4.97. The lowest BCUT2D eigenvalue weighted by molar-refractivity contribution is -0.148. The van der Waals surface area contributed by atoms with Gasteiger partial charge >= 0.3 is 5.97 Å². The molecule has 0 fully saturated rings. The van der Waals surface area contributed by atoms with E-state index < -0.39 is 30.4 Å². The molecule has 0 aliphatic heterocycles. The van der Waals surface area contributed by atoms with E-state index in [1.54, 1.807) is 36.4 Å². The summed E-state index contributed by atoms with van der Waals surface area (Å²) in [5, 5.41) is 5.68. The van der Waals surface area contributed by atoms with Crippen molar-refractivity contribution in [1.82, 2.24) is 5.32 Å². The van der Waals surface area contributed by atoms with Crippen molar-refractivity contribution in [3.63, 3.8) is 0 Å². The first-order valence-corrected chi connectivity index (χ1v) is 9.27. The largest absolute Gasteiger partial charge is 0.454 e. The van der Waals surface area contributed by atoms with Crippen LogP contribution in [-0.4, -0.2) is 30.4 Å². The Hall–Kier alpha value is -2.86. The first kappa shape index (κ1) is 21.4. The maximum atomic E-state index is 12.1. The number of carbonyl (C=O) groups is 3. The number of carbonyl (C=O) groups excluding carboxylic acids is 3. The molecule has 0 aliphatic rings. The van der Waals surface area contributed by atoms with Crippen LogP contribution in [0.15, 0.2) is 48.5 Å². The second-order valence-electron chi connectivity index (χ2n) is 6.63. The Bertz CT molecular complexity index is 832. The molecule has 0 radical (unpaired) electrons. The van der Waals surface area contributed by atoms with Crippen LogP contribution in [0.1, 0.15) is 42.6 Å². The van der Waals surface area contributed by atoms with E-state index in [0.29, 0.717) is 22.2 Å². The van der Waals surface area contributed by atoms with E-state index in [9.17, 15) is 14.4 Å². The maximum Gasteiger partial charge on any atom is 0.328 e. The molecular formula is C21H23ClN2O4. The van der Waals surface area contributed by atoms with E-state index in [4.69, 9.17) is 16.3 Å². The average Bonchev–Trinajstić information content (AvgIpc) is 2.66. The summed E-state index contributed by atoms with van der Waals surface area (Å²) in [6, 6.07) is 12.8. The first-order valence-electron chi connectivity index (χ1n) is 8.89. The fraction of sp³-hybridized carbons (Fsp3) is 0.286. The van der Waals surface area contributed by atoms with Crippen LogP contribution in [0.3, 0.4) is 0 Å². The van der Waals surface area contributed by atoms with Gasteiger partial charge in [0.05, 0.1) is 0 Å². The Balaban J connectivity index is 1.79. The van der Waals surface area contributed by atoms with Gasteiger partial charge < -0.3 is 15.4 Å². The van der Waals surface area contributed by atoms with Gasteiger partial charge in [-0.05, 0) is 54.8 Å². The number of rotatable bonds is 7. The normalized spacial score (nSPS) is 11.6. The number of anilines is 1. The van der Waals surface area contributed by atoms with E-state index in [0.717, 1.165) is 5.56 Å². The summed E-state index contributed by atoms with van der Waals surface area (Å²) in [5.41, 5.74) is 2.15. The number of esters is 1. The fourth-order valence-corrected chi connectivity index (χ4v) is 2.48. The lowest BCUT2D eigenvalue weighted by atomic mass is 10.0. The molecule has 148 valence electrons. The smallest absolute Gasteiger partial charge is 0.328 e. The molecule has 2 rings (SSSR count). The summed E-state index contributed by atoms with van der Waals surface area (Å²) in [5.74, 6) is -1.19. The molecule has 0 saturated carbocycles. The van der Waals surface area contributed by atoms with E-state index in [-0.39, 0.29) is 0 Å². The van der Waals surface area contributed by atoms with Gasteiger partial charge in [0.2, 0.25) is 0 Å². The Labute approximate surface area is 169 Å². The van der Waals surface area contributed by atoms with Crippen molar-refractivity contribution in [2.24, 2.45) is 0 Å². The monoisotopic (exact) mass is 402 g/mol. The first-order chi connectivity index (χ1) is 13.3. The van der Waals surface area contributed by atoms with E-state index in [1.165, 1.54) is 6.92 Å². The standard InChI is InChI=1S/C21H23ClN2O4/c1-13(2)15-6-10-18(11-7-15)24-19(25)12-28-21(27)14(3)23-20(26)16-4-8-17(22)9-5-16/h4-11,13-14H,12H2,1-3H3,(H,23,26)(H,24,25)/t14-/m0/s1. The van der Waals surface area contributed by atoms with Gasteiger partial charge in [-0.2, -0.15) is 0 Å². The Morgan fingerprint density at radius 2 is 1.57 bits per heavy atom. The van der Waals surface area contributed by atoms with Crippen molar-refractivity contribution >= 4 is 35.1 Å². The second-order valence-corrected chi connectivity index (χ2v) is 7.07. The van der Waals surface area contributed by atoms with Gasteiger partial charge in [0, 0.05) is 16.3 Å². The molecule has 0 bridgehead atoms. The molecular weight excluding hydrogens is 380 g/mol. The number of hydrogen-bond acceptors (Lipinski definition) is 4. The Kier molecular flexibility index (Phi) is 7.58. The van der Waals surface area contributed by atoms with Crippen molar-refractivity contribution in [2.45, 2.75) is 32.7 Å². The summed E-state index contributed by atoms with van der Waals surface area (Å²) in [6.45, 7) is 5.21. The summed E-state index contributed by atoms with van der Waals surface area (Å²) in [7, 11) is 0. The lowest BCUT2D eigenvalue weighted by Crippen LogP contribution is -2.40. The van der Waals surface area contributed by atoms with Crippen molar-refractivity contribution in [3.8, 4) is 0 Å². The second kappa shape index (κ2) is 9.90. The van der Waals surface area contributed by atoms with Crippen LogP contribution >= 0.6 is 11.6 Å². The molecule has 2 aromatic rings. The minimum Gasteiger partial charge on any atom is -0.454 e. The number of hydrogen-bond donors (Lipinski definition) is 2. The van der Waals surface area contributed by atoms with Gasteiger partial charge in [-0.3, -0.25) is 9.59 Å². The molecule has 2 amide bonds. The SMILES string of the molecule is CC(C)c1ccc(NC(=O)COC(=O)[C@H](C)NC(=O)c2ccc(Cl)cc2)cc1. The zero-order valence-corrected chi connectivity index (χ0v) is 16.7. The Morgan fingerprint density at radius 3 is 2.14 bits per heavy atom. The van der Waals surface area contributed by atoms with Gasteiger partial charge in [-0.1, -0.05) is 37.6 Å². The Morgan fingerprint density at radius 1 is 0.964 bits per heavy atom. The predicted molar refractivity (Wildman–Crippen MR) is 108 cm³/mol. The average molecular weight is 403 g/mol. The number of benzene rings is 2. The zero-order chi connectivity index (χ0) is 20.7. The zero-order valence-electron chi connectivity index (χ0n) is 16.0. The molecule has 0 unspecified atom stereocenters. The van der Waals surface area contributed by atoms with Gasteiger partial charge in [0.1, 0.15) is 6.04 Å². The number of nitrogens with one attached hydrogen (secondary N) is 2. The minimum absolute atomic E-state index is 0.367. The van der Waals surface area contributed by atoms with Crippen LogP contribution in [0.25, 0.3) is 0 Å². The van der Waals surface area contributed by atoms with E-state index >= 15 is 0 Å². The summed E-state index contributed by atoms with van der Waals surface area (Å²) >= 11 is 5.78. The van der Waals surface area contributed by atoms with Crippen molar-refractivity contribution in [3.05, 3.63) is 64.7 Å². The molecule has 0 aliphatic carbocycles. The number of amides is 2. The molecule has 6 nitrogen and oxygen atoms in total. The highest BCUT2D eigenvalue weighted by molar-refractivity contribution is 6.30. The van der Waals surface area contributed by atoms with Crippen LogP contribution in [-0.2, 0) is 14.3 Å². The lowest BCUT2D eigenvalue weighted by Gasteiger charge is -2.13. The van der Waals surface area contributed by atoms with Crippen LogP contribution in [0.2, 0.25) is 5.02 Å². The molecule has 0 heterocycles. The van der Waals surface area contributed by atoms with Gasteiger partial charge in [0.15, 0.2) is 6.61 Å². The van der Waals surface area contributed by atoms with Crippen molar-refractivity contribution in [1.29, 1.82) is 0 Å². The molecule has 0 spiro atoms. The van der Waals surface area contributed by atoms with Crippen LogP contribution in [0.4, 0.5) is 5.69 Å². The fourth-order valence-electron chi connectivity index (χ4n) is 2.35. The molecule has 0 saturated heterocycles. The highest BCUT2D eigenvalue weighted by Gasteiger charge is 2.19. The molecule has 0 aromatic heterocycles. The maximum absolute atomic E-state index is 12.1. The molecule has 1 atom stereocenters. The summed E-state index contributed by atoms with van der Waals surface area (Å²) in [6.07, 6.45) is 0. The highest BCUT2D eigenvalue weighted by Crippen LogP contribution is 2.17. The van der Waals surface area contributed by atoms with Crippen LogP contribution in [0, 0.1) is 0 Å². The third kappa shape index (κ3) is 6.39. The van der Waals surface area contributed by atoms with Crippen LogP contribution < -0.4 is 10.6 Å². The molecule has 2 aromatic carbocycles. The third-order valence-electron chi connectivity index (χ3n) is 4.01. The van der Waals surface area contributed by atoms with Gasteiger partial charge in [-0.15, -0.1) is 0 Å². The van der Waals surface area contributed by atoms with Crippen molar-refractivity contribution in [2.75, 3.05) is 11.9 Å². The minimum atomic E-state index is -0.902. The van der Waals surface area contributed by atoms with Crippen LogP contribution in [0.5, 0.6) is 0 Å². The number of halogens is 1. The van der Waals surface area contributed by atoms with E-state index in [1.807, 2.05) is 12.1 Å². The summed E-state index contributed by atoms with van der Waals surface area (Å²) in [4.78, 5) is 36.0. The van der Waals surface area contributed by atoms with E-state index in [2.05, 4.69) is 24.5 Å². The molecule has 2 N–H and O–H groups in total. The predicted octanol–water partition coefficient (Wildman–Crippen LogP) is 3.76. The van der Waals surface area contributed by atoms with Gasteiger partial charge in [0.25, 0.3) is 11.8 Å². The third-order valence-corrected chi connectivity index (χ3v) is 4.27. The quantitative estimate of drug-likeness (QED) is 0.690. The topological polar surface area (TPSA) is 84.5 Å². The molecule has 7 heteroatoms. The van der Waals surface area contributed by atoms with Gasteiger partial charge in [-0.25, -0.2) is 4.79 Å². The number of ether oxygens (including phenoxy) is 1. The molecule has 28 heavy (non-hydrogen) atoms. The van der Waals surface area contributed by atoms with Crippen molar-refractivity contribution < 1.29 is 19.1 Å². The highest BCUT2D eigenvalue weighted by atomic mass is 35.5.